The Morgan fingerprint density at radius 3 is 2.88 bits per heavy atom. The van der Waals surface area contributed by atoms with Crippen LogP contribution >= 0.6 is 23.4 Å². The second-order valence-electron chi connectivity index (χ2n) is 3.05. The summed E-state index contributed by atoms with van der Waals surface area (Å²) in [7, 11) is 0. The Kier molecular flexibility index (Phi) is 5.45. The van der Waals surface area contributed by atoms with Gasteiger partial charge in [0.2, 0.25) is 0 Å². The van der Waals surface area contributed by atoms with Crippen molar-refractivity contribution in [2.24, 2.45) is 10.9 Å². The van der Waals surface area contributed by atoms with Crippen LogP contribution in [0.2, 0.25) is 5.02 Å². The molecule has 0 aliphatic heterocycles. The number of aliphatic hydroxyl groups excluding tert-OH is 1. The van der Waals surface area contributed by atoms with Gasteiger partial charge < -0.3 is 16.0 Å². The second-order valence-corrected chi connectivity index (χ2v) is 4.62. The number of benzene rings is 1. The van der Waals surface area contributed by atoms with Crippen molar-refractivity contribution in [2.75, 3.05) is 12.4 Å². The summed E-state index contributed by atoms with van der Waals surface area (Å²) in [5.41, 5.74) is 6.19. The first kappa shape index (κ1) is 13.2. The fourth-order valence-corrected chi connectivity index (χ4v) is 2.40. The van der Waals surface area contributed by atoms with Gasteiger partial charge in [0, 0.05) is 27.8 Å². The fourth-order valence-electron chi connectivity index (χ4n) is 1.13. The Hall–Kier alpha value is -0.910. The van der Waals surface area contributed by atoms with Crippen molar-refractivity contribution in [3.8, 4) is 0 Å². The molecule has 1 aromatic rings. The maximum absolute atomic E-state index is 8.70. The first-order chi connectivity index (χ1) is 7.69. The number of oxime groups is 1. The average molecular weight is 261 g/mol. The SMILES string of the molecule is NC(=NO)c1ccc(Cl)cc1SCCCO. The molecule has 0 aliphatic rings. The molecule has 0 aromatic heterocycles. The van der Waals surface area contributed by atoms with Crippen LogP contribution in [0.15, 0.2) is 28.3 Å². The van der Waals surface area contributed by atoms with E-state index in [2.05, 4.69) is 5.16 Å². The van der Waals surface area contributed by atoms with Crippen molar-refractivity contribution in [1.82, 2.24) is 0 Å². The van der Waals surface area contributed by atoms with E-state index < -0.39 is 0 Å². The quantitative estimate of drug-likeness (QED) is 0.189. The Morgan fingerprint density at radius 1 is 1.50 bits per heavy atom. The number of nitrogens with zero attached hydrogens (tertiary/aromatic N) is 1. The van der Waals surface area contributed by atoms with Crippen LogP contribution in [-0.2, 0) is 0 Å². The molecule has 0 atom stereocenters. The van der Waals surface area contributed by atoms with Gasteiger partial charge in [-0.25, -0.2) is 0 Å². The molecule has 4 N–H and O–H groups in total. The van der Waals surface area contributed by atoms with E-state index in [1.165, 1.54) is 11.8 Å². The predicted molar refractivity (Wildman–Crippen MR) is 66.4 cm³/mol. The molecule has 4 nitrogen and oxygen atoms in total. The molecule has 88 valence electrons. The summed E-state index contributed by atoms with van der Waals surface area (Å²) < 4.78 is 0. The molecule has 1 aromatic carbocycles. The van der Waals surface area contributed by atoms with E-state index in [-0.39, 0.29) is 12.4 Å². The van der Waals surface area contributed by atoms with E-state index in [1.54, 1.807) is 18.2 Å². The maximum Gasteiger partial charge on any atom is 0.171 e. The van der Waals surface area contributed by atoms with Crippen LogP contribution in [0.1, 0.15) is 12.0 Å². The third-order valence-corrected chi connectivity index (χ3v) is 3.26. The fraction of sp³-hybridized carbons (Fsp3) is 0.300. The number of hydrogen-bond donors (Lipinski definition) is 3. The molecule has 0 fully saturated rings. The van der Waals surface area contributed by atoms with E-state index >= 15 is 0 Å². The largest absolute Gasteiger partial charge is 0.409 e. The monoisotopic (exact) mass is 260 g/mol. The average Bonchev–Trinajstić information content (AvgIpc) is 2.29. The van der Waals surface area contributed by atoms with Gasteiger partial charge in [0.05, 0.1) is 0 Å². The summed E-state index contributed by atoms with van der Waals surface area (Å²) in [6.45, 7) is 0.145. The molecule has 0 bridgehead atoms. The highest BCUT2D eigenvalue weighted by Gasteiger charge is 2.08. The smallest absolute Gasteiger partial charge is 0.171 e. The highest BCUT2D eigenvalue weighted by atomic mass is 35.5. The van der Waals surface area contributed by atoms with Crippen molar-refractivity contribution in [1.29, 1.82) is 0 Å². The summed E-state index contributed by atoms with van der Waals surface area (Å²) in [4.78, 5) is 0.844. The first-order valence-corrected chi connectivity index (χ1v) is 6.06. The highest BCUT2D eigenvalue weighted by molar-refractivity contribution is 7.99. The van der Waals surface area contributed by atoms with Crippen molar-refractivity contribution < 1.29 is 10.3 Å². The number of aliphatic hydroxyl groups is 1. The lowest BCUT2D eigenvalue weighted by Crippen LogP contribution is -2.14. The van der Waals surface area contributed by atoms with E-state index in [4.69, 9.17) is 27.6 Å². The zero-order valence-electron chi connectivity index (χ0n) is 8.56. The van der Waals surface area contributed by atoms with Crippen LogP contribution in [0.25, 0.3) is 0 Å². The van der Waals surface area contributed by atoms with Crippen molar-refractivity contribution in [2.45, 2.75) is 11.3 Å². The molecule has 0 saturated heterocycles. The molecular formula is C10H13ClN2O2S. The molecule has 16 heavy (non-hydrogen) atoms. The Bertz CT molecular complexity index is 385. The second kappa shape index (κ2) is 6.62. The van der Waals surface area contributed by atoms with Crippen LogP contribution in [0.3, 0.4) is 0 Å². The molecule has 6 heteroatoms. The van der Waals surface area contributed by atoms with Gasteiger partial charge in [-0.1, -0.05) is 16.8 Å². The minimum absolute atomic E-state index is 0.0585. The van der Waals surface area contributed by atoms with Gasteiger partial charge in [-0.05, 0) is 24.6 Å². The van der Waals surface area contributed by atoms with Crippen LogP contribution in [-0.4, -0.2) is 28.5 Å². The Balaban J connectivity index is 2.90. The number of halogens is 1. The lowest BCUT2D eigenvalue weighted by atomic mass is 10.2. The first-order valence-electron chi connectivity index (χ1n) is 4.70. The molecule has 0 aliphatic carbocycles. The van der Waals surface area contributed by atoms with Crippen LogP contribution in [0.4, 0.5) is 0 Å². The summed E-state index contributed by atoms with van der Waals surface area (Å²) >= 11 is 7.38. The van der Waals surface area contributed by atoms with Gasteiger partial charge in [0.15, 0.2) is 5.84 Å². The minimum Gasteiger partial charge on any atom is -0.409 e. The van der Waals surface area contributed by atoms with Crippen LogP contribution < -0.4 is 5.73 Å². The standard InChI is InChI=1S/C10H13ClN2O2S/c11-7-2-3-8(10(12)13-15)9(6-7)16-5-1-4-14/h2-3,6,14-15H,1,4-5H2,(H2,12,13). The number of hydrogen-bond acceptors (Lipinski definition) is 4. The predicted octanol–water partition coefficient (Wildman–Crippen LogP) is 1.91. The number of thioether (sulfide) groups is 1. The minimum atomic E-state index is 0.0585. The summed E-state index contributed by atoms with van der Waals surface area (Å²) in [5, 5.41) is 20.9. The van der Waals surface area contributed by atoms with Crippen LogP contribution in [0, 0.1) is 0 Å². The molecule has 0 unspecified atom stereocenters. The van der Waals surface area contributed by atoms with Crippen molar-refractivity contribution in [3.05, 3.63) is 28.8 Å². The van der Waals surface area contributed by atoms with Gasteiger partial charge in [-0.2, -0.15) is 0 Å². The highest BCUT2D eigenvalue weighted by Crippen LogP contribution is 2.26. The lowest BCUT2D eigenvalue weighted by Gasteiger charge is -2.07. The summed E-state index contributed by atoms with van der Waals surface area (Å²) in [6.07, 6.45) is 0.687. The Labute approximate surface area is 103 Å². The summed E-state index contributed by atoms with van der Waals surface area (Å²) in [5.74, 6) is 0.811. The summed E-state index contributed by atoms with van der Waals surface area (Å²) in [6, 6.07) is 5.15. The Morgan fingerprint density at radius 2 is 2.25 bits per heavy atom. The zero-order valence-corrected chi connectivity index (χ0v) is 10.1. The topological polar surface area (TPSA) is 78.8 Å². The van der Waals surface area contributed by atoms with E-state index in [0.29, 0.717) is 17.0 Å². The van der Waals surface area contributed by atoms with E-state index in [9.17, 15) is 0 Å². The molecule has 0 radical (unpaired) electrons. The third kappa shape index (κ3) is 3.59. The van der Waals surface area contributed by atoms with Crippen LogP contribution in [0.5, 0.6) is 0 Å². The third-order valence-electron chi connectivity index (χ3n) is 1.89. The molecular weight excluding hydrogens is 248 g/mol. The number of nitrogens with two attached hydrogens (primary N) is 1. The van der Waals surface area contributed by atoms with Gasteiger partial charge in [-0.15, -0.1) is 11.8 Å². The maximum atomic E-state index is 8.70. The van der Waals surface area contributed by atoms with Crippen molar-refractivity contribution in [3.63, 3.8) is 0 Å². The number of rotatable bonds is 5. The number of amidine groups is 1. The normalized spacial score (nSPS) is 11.8. The van der Waals surface area contributed by atoms with Crippen molar-refractivity contribution >= 4 is 29.2 Å². The molecule has 1 rings (SSSR count). The molecule has 0 spiro atoms. The lowest BCUT2D eigenvalue weighted by molar-refractivity contribution is 0.296. The molecule has 0 amide bonds. The van der Waals surface area contributed by atoms with Gasteiger partial charge in [0.1, 0.15) is 0 Å². The van der Waals surface area contributed by atoms with E-state index in [1.807, 2.05) is 0 Å². The van der Waals surface area contributed by atoms with E-state index in [0.717, 1.165) is 10.6 Å². The van der Waals surface area contributed by atoms with Gasteiger partial charge >= 0.3 is 0 Å². The van der Waals surface area contributed by atoms with Gasteiger partial charge in [-0.3, -0.25) is 0 Å². The zero-order chi connectivity index (χ0) is 12.0. The van der Waals surface area contributed by atoms with Gasteiger partial charge in [0.25, 0.3) is 0 Å². The molecule has 0 heterocycles. The molecule has 0 saturated carbocycles.